The highest BCUT2D eigenvalue weighted by Gasteiger charge is 2.23. The van der Waals surface area contributed by atoms with Crippen molar-refractivity contribution in [3.05, 3.63) is 93.1 Å². The third kappa shape index (κ3) is 7.26. The zero-order valence-electron chi connectivity index (χ0n) is 18.4. The summed E-state index contributed by atoms with van der Waals surface area (Å²) in [6.07, 6.45) is -1.20. The lowest BCUT2D eigenvalue weighted by molar-refractivity contribution is -0.139. The molecule has 0 aliphatic carbocycles. The van der Waals surface area contributed by atoms with Crippen LogP contribution in [0.2, 0.25) is 0 Å². The summed E-state index contributed by atoms with van der Waals surface area (Å²) in [5, 5.41) is 12.0. The largest absolute Gasteiger partial charge is 0.480 e. The van der Waals surface area contributed by atoms with E-state index in [1.165, 1.54) is 36.4 Å². The summed E-state index contributed by atoms with van der Waals surface area (Å²) in [7, 11) is -4.10. The van der Waals surface area contributed by atoms with Crippen LogP contribution in [0.5, 0.6) is 5.75 Å². The van der Waals surface area contributed by atoms with Gasteiger partial charge in [0.05, 0.1) is 10.5 Å². The van der Waals surface area contributed by atoms with Gasteiger partial charge in [-0.15, -0.1) is 0 Å². The van der Waals surface area contributed by atoms with Gasteiger partial charge >= 0.3 is 12.1 Å². The van der Waals surface area contributed by atoms with Crippen molar-refractivity contribution in [2.75, 3.05) is 0 Å². The molecule has 0 unspecified atom stereocenters. The second-order valence-corrected chi connectivity index (χ2v) is 10.3. The van der Waals surface area contributed by atoms with Gasteiger partial charge in [0.25, 0.3) is 15.9 Å². The molecule has 9 nitrogen and oxygen atoms in total. The molecule has 0 aliphatic heterocycles. The first-order chi connectivity index (χ1) is 16.5. The van der Waals surface area contributed by atoms with Crippen molar-refractivity contribution in [1.29, 1.82) is 0 Å². The van der Waals surface area contributed by atoms with Gasteiger partial charge in [0.15, 0.2) is 0 Å². The molecule has 0 aliphatic rings. The molecule has 0 bridgehead atoms. The first-order valence-corrected chi connectivity index (χ1v) is 12.8. The maximum absolute atomic E-state index is 12.5. The Morgan fingerprint density at radius 3 is 2.20 bits per heavy atom. The number of benzene rings is 3. The van der Waals surface area contributed by atoms with Crippen LogP contribution in [0.1, 0.15) is 21.5 Å². The van der Waals surface area contributed by atoms with Gasteiger partial charge in [-0.05, 0) is 71.5 Å². The monoisotopic (exact) mass is 608 g/mol. The quantitative estimate of drug-likeness (QED) is 0.333. The number of hydrogen-bond donors (Lipinski definition) is 3. The van der Waals surface area contributed by atoms with E-state index in [0.29, 0.717) is 14.7 Å². The van der Waals surface area contributed by atoms with Crippen LogP contribution in [0, 0.1) is 10.5 Å². The number of carbonyl (C=O) groups excluding carboxylic acids is 2. The van der Waals surface area contributed by atoms with Gasteiger partial charge in [-0.1, -0.05) is 42.0 Å². The van der Waals surface area contributed by atoms with Gasteiger partial charge in [-0.2, -0.15) is 0 Å². The maximum atomic E-state index is 12.5. The van der Waals surface area contributed by atoms with Crippen molar-refractivity contribution in [3.63, 3.8) is 0 Å². The van der Waals surface area contributed by atoms with Crippen LogP contribution < -0.4 is 14.8 Å². The number of aryl methyl sites for hydroxylation is 1. The number of carboxylic acid groups (broad SMARTS) is 1. The van der Waals surface area contributed by atoms with Gasteiger partial charge in [0.1, 0.15) is 11.8 Å². The van der Waals surface area contributed by atoms with Crippen molar-refractivity contribution < 1.29 is 32.6 Å². The minimum absolute atomic E-state index is 0.0151. The molecule has 0 aromatic heterocycles. The minimum atomic E-state index is -4.10. The van der Waals surface area contributed by atoms with Crippen molar-refractivity contribution >= 4 is 50.6 Å². The molecular formula is C24H21IN2O7S. The second kappa shape index (κ2) is 11.3. The smallest absolute Gasteiger partial charge is 0.426 e. The number of carboxylic acids is 1. The molecule has 2 amide bonds. The van der Waals surface area contributed by atoms with E-state index >= 15 is 0 Å². The normalized spacial score (nSPS) is 11.8. The lowest BCUT2D eigenvalue weighted by Crippen LogP contribution is -2.42. The van der Waals surface area contributed by atoms with Crippen molar-refractivity contribution in [1.82, 2.24) is 10.0 Å². The highest BCUT2D eigenvalue weighted by atomic mass is 127. The maximum Gasteiger partial charge on any atom is 0.426 e. The molecule has 3 rings (SSSR count). The van der Waals surface area contributed by atoms with Crippen LogP contribution >= 0.6 is 22.6 Å². The van der Waals surface area contributed by atoms with Crippen LogP contribution in [-0.4, -0.2) is 37.5 Å². The fraction of sp³-hybridized carbons (Fsp3) is 0.125. The Hall–Kier alpha value is -3.45. The molecule has 11 heteroatoms. The van der Waals surface area contributed by atoms with E-state index in [2.05, 4.69) is 5.32 Å². The van der Waals surface area contributed by atoms with Crippen LogP contribution in [0.15, 0.2) is 77.7 Å². The molecule has 3 aromatic rings. The molecule has 0 saturated heterocycles. The Morgan fingerprint density at radius 2 is 1.60 bits per heavy atom. The predicted octanol–water partition coefficient (Wildman–Crippen LogP) is 3.50. The average Bonchev–Trinajstić information content (AvgIpc) is 2.80. The third-order valence-corrected chi connectivity index (χ3v) is 7.11. The van der Waals surface area contributed by atoms with E-state index in [-0.39, 0.29) is 17.1 Å². The van der Waals surface area contributed by atoms with Gasteiger partial charge < -0.3 is 15.2 Å². The molecule has 182 valence electrons. The first kappa shape index (κ1) is 26.2. The third-order valence-electron chi connectivity index (χ3n) is 4.84. The minimum Gasteiger partial charge on any atom is -0.480 e. The summed E-state index contributed by atoms with van der Waals surface area (Å²) in [5.74, 6) is -1.65. The number of ether oxygens (including phenoxy) is 1. The molecule has 3 N–H and O–H groups in total. The van der Waals surface area contributed by atoms with Crippen LogP contribution in [0.4, 0.5) is 4.79 Å². The van der Waals surface area contributed by atoms with Crippen LogP contribution in [-0.2, 0) is 21.2 Å². The van der Waals surface area contributed by atoms with E-state index in [0.717, 1.165) is 5.56 Å². The highest BCUT2D eigenvalue weighted by Crippen LogP contribution is 2.16. The van der Waals surface area contributed by atoms with Gasteiger partial charge in [-0.25, -0.2) is 22.7 Å². The average molecular weight is 608 g/mol. The summed E-state index contributed by atoms with van der Waals surface area (Å²) < 4.78 is 32.1. The highest BCUT2D eigenvalue weighted by molar-refractivity contribution is 14.1. The second-order valence-electron chi connectivity index (χ2n) is 7.50. The standard InChI is InChI=1S/C24H21IN2O7S/c1-15-6-12-18(13-7-15)35(32,33)27-24(31)34-17-10-8-16(9-11-17)14-21(23(29)30)26-22(28)19-4-2-3-5-20(19)25/h2-13,21H,14H2,1H3,(H,26,28)(H,27,31)(H,29,30)/t21-/m0/s1. The zero-order chi connectivity index (χ0) is 25.6. The molecule has 0 saturated carbocycles. The fourth-order valence-corrected chi connectivity index (χ4v) is 4.53. The lowest BCUT2D eigenvalue weighted by Gasteiger charge is -2.15. The van der Waals surface area contributed by atoms with E-state index in [1.54, 1.807) is 43.3 Å². The summed E-state index contributed by atoms with van der Waals surface area (Å²) in [6.45, 7) is 1.80. The number of rotatable bonds is 8. The summed E-state index contributed by atoms with van der Waals surface area (Å²) in [4.78, 5) is 36.2. The Labute approximate surface area is 215 Å². The topological polar surface area (TPSA) is 139 Å². The number of nitrogens with one attached hydrogen (secondary N) is 2. The van der Waals surface area contributed by atoms with Crippen molar-refractivity contribution in [2.24, 2.45) is 0 Å². The zero-order valence-corrected chi connectivity index (χ0v) is 21.4. The SMILES string of the molecule is Cc1ccc(S(=O)(=O)NC(=O)Oc2ccc(C[C@H](NC(=O)c3ccccc3I)C(=O)O)cc2)cc1. The van der Waals surface area contributed by atoms with Crippen molar-refractivity contribution in [2.45, 2.75) is 24.3 Å². The number of aliphatic carboxylic acids is 1. The first-order valence-electron chi connectivity index (χ1n) is 10.2. The van der Waals surface area contributed by atoms with E-state index in [9.17, 15) is 27.9 Å². The van der Waals surface area contributed by atoms with Crippen LogP contribution in [0.3, 0.4) is 0 Å². The summed E-state index contributed by atoms with van der Waals surface area (Å²) >= 11 is 2.00. The summed E-state index contributed by atoms with van der Waals surface area (Å²) in [5.41, 5.74) is 1.79. The van der Waals surface area contributed by atoms with Gasteiger partial charge in [0.2, 0.25) is 0 Å². The van der Waals surface area contributed by atoms with Gasteiger partial charge in [-0.3, -0.25) is 4.79 Å². The number of carbonyl (C=O) groups is 3. The van der Waals surface area contributed by atoms with E-state index in [1.807, 2.05) is 27.3 Å². The number of amides is 2. The number of hydrogen-bond acceptors (Lipinski definition) is 6. The van der Waals surface area contributed by atoms with Crippen molar-refractivity contribution in [3.8, 4) is 5.75 Å². The lowest BCUT2D eigenvalue weighted by atomic mass is 10.1. The Bertz CT molecular complexity index is 1340. The molecule has 0 heterocycles. The van der Waals surface area contributed by atoms with E-state index in [4.69, 9.17) is 4.74 Å². The Kier molecular flexibility index (Phi) is 8.46. The molecular weight excluding hydrogens is 587 g/mol. The fourth-order valence-electron chi connectivity index (χ4n) is 3.02. The molecule has 1 atom stereocenters. The Balaban J connectivity index is 1.61. The number of halogens is 1. The Morgan fingerprint density at radius 1 is 0.971 bits per heavy atom. The molecule has 0 radical (unpaired) electrons. The van der Waals surface area contributed by atoms with E-state index < -0.39 is 34.0 Å². The molecule has 35 heavy (non-hydrogen) atoms. The number of sulfonamides is 1. The molecule has 3 aromatic carbocycles. The molecule has 0 spiro atoms. The predicted molar refractivity (Wildman–Crippen MR) is 136 cm³/mol. The van der Waals surface area contributed by atoms with Gasteiger partial charge in [0, 0.05) is 9.99 Å². The molecule has 0 fully saturated rings. The van der Waals surface area contributed by atoms with Crippen LogP contribution in [0.25, 0.3) is 0 Å². The summed E-state index contributed by atoms with van der Waals surface area (Å²) in [6, 6.07) is 17.4.